The van der Waals surface area contributed by atoms with Crippen LogP contribution in [0.5, 0.6) is 0 Å². The molecule has 4 heteroatoms. The molecule has 0 aliphatic carbocycles. The first kappa shape index (κ1) is 17.5. The van der Waals surface area contributed by atoms with Crippen molar-refractivity contribution < 1.29 is 4.79 Å². The van der Waals surface area contributed by atoms with E-state index in [-0.39, 0.29) is 5.56 Å². The van der Waals surface area contributed by atoms with Crippen molar-refractivity contribution in [2.45, 2.75) is 19.8 Å². The third-order valence-electron chi connectivity index (χ3n) is 4.20. The van der Waals surface area contributed by atoms with Crippen molar-refractivity contribution in [3.05, 3.63) is 76.2 Å². The Morgan fingerprint density at radius 1 is 1.12 bits per heavy atom. The maximum absolute atomic E-state index is 13.3. The highest BCUT2D eigenvalue weighted by molar-refractivity contribution is 5.88. The molecule has 3 aromatic rings. The van der Waals surface area contributed by atoms with E-state index >= 15 is 0 Å². The van der Waals surface area contributed by atoms with Gasteiger partial charge in [0, 0.05) is 29.9 Å². The van der Waals surface area contributed by atoms with E-state index < -0.39 is 0 Å². The number of carbonyl (C=O) groups is 1. The Kier molecular flexibility index (Phi) is 5.50. The van der Waals surface area contributed by atoms with Gasteiger partial charge in [-0.3, -0.25) is 14.2 Å². The molecule has 1 N–H and O–H groups in total. The van der Waals surface area contributed by atoms with Gasteiger partial charge in [-0.25, -0.2) is 0 Å². The standard InChI is InChI=1S/C22H20N2O2/c1-2-19-15-18-11-8-10-17(9-6-7-14-23-16-25)21(18)22(26)24(19)20-12-4-3-5-13-20/h3-5,8,10-13,15-16H,2,7,14H2,1H3,(H,23,25). The number of nitrogens with zero attached hydrogens (tertiary/aromatic N) is 1. The fourth-order valence-corrected chi connectivity index (χ4v) is 2.99. The summed E-state index contributed by atoms with van der Waals surface area (Å²) in [5.74, 6) is 6.11. The number of aryl methyl sites for hydroxylation is 1. The van der Waals surface area contributed by atoms with Gasteiger partial charge in [-0.05, 0) is 36.1 Å². The number of fused-ring (bicyclic) bond motifs is 1. The van der Waals surface area contributed by atoms with E-state index in [4.69, 9.17) is 0 Å². The van der Waals surface area contributed by atoms with Crippen LogP contribution in [0.4, 0.5) is 0 Å². The van der Waals surface area contributed by atoms with Crippen molar-refractivity contribution >= 4 is 17.2 Å². The molecule has 0 fully saturated rings. The SMILES string of the molecule is CCc1cc2cccc(C#CCCNC=O)c2c(=O)n1-c1ccccc1. The van der Waals surface area contributed by atoms with Gasteiger partial charge in [0.2, 0.25) is 6.41 Å². The highest BCUT2D eigenvalue weighted by atomic mass is 16.1. The predicted octanol–water partition coefficient (Wildman–Crippen LogP) is 3.04. The Morgan fingerprint density at radius 2 is 1.92 bits per heavy atom. The summed E-state index contributed by atoms with van der Waals surface area (Å²) in [6.45, 7) is 2.54. The number of carbonyl (C=O) groups excluding carboxylic acids is 1. The van der Waals surface area contributed by atoms with Crippen molar-refractivity contribution in [3.63, 3.8) is 0 Å². The van der Waals surface area contributed by atoms with Crippen LogP contribution < -0.4 is 10.9 Å². The second kappa shape index (κ2) is 8.17. The number of benzene rings is 2. The summed E-state index contributed by atoms with van der Waals surface area (Å²) in [7, 11) is 0. The van der Waals surface area contributed by atoms with Crippen LogP contribution in [0.3, 0.4) is 0 Å². The first-order chi connectivity index (χ1) is 12.8. The van der Waals surface area contributed by atoms with Crippen LogP contribution in [-0.2, 0) is 11.2 Å². The van der Waals surface area contributed by atoms with E-state index in [1.807, 2.05) is 55.5 Å². The van der Waals surface area contributed by atoms with Crippen molar-refractivity contribution in [2.75, 3.05) is 6.54 Å². The molecule has 0 saturated heterocycles. The highest BCUT2D eigenvalue weighted by Gasteiger charge is 2.12. The summed E-state index contributed by atoms with van der Waals surface area (Å²) in [6.07, 6.45) is 1.95. The lowest BCUT2D eigenvalue weighted by Gasteiger charge is -2.14. The molecule has 0 atom stereocenters. The van der Waals surface area contributed by atoms with Crippen LogP contribution in [0.2, 0.25) is 0 Å². The number of hydrogen-bond donors (Lipinski definition) is 1. The van der Waals surface area contributed by atoms with Gasteiger partial charge >= 0.3 is 0 Å². The summed E-state index contributed by atoms with van der Waals surface area (Å²) >= 11 is 0. The highest BCUT2D eigenvalue weighted by Crippen LogP contribution is 2.19. The smallest absolute Gasteiger partial charge is 0.264 e. The lowest BCUT2D eigenvalue weighted by molar-refractivity contribution is -0.109. The van der Waals surface area contributed by atoms with Crippen molar-refractivity contribution in [3.8, 4) is 17.5 Å². The molecule has 0 aliphatic rings. The van der Waals surface area contributed by atoms with E-state index in [1.54, 1.807) is 4.57 Å². The molecule has 0 aliphatic heterocycles. The molecule has 0 bridgehead atoms. The molecule has 1 heterocycles. The molecule has 2 aromatic carbocycles. The van der Waals surface area contributed by atoms with Crippen molar-refractivity contribution in [2.24, 2.45) is 0 Å². The van der Waals surface area contributed by atoms with Crippen LogP contribution in [0.25, 0.3) is 16.5 Å². The average molecular weight is 344 g/mol. The maximum Gasteiger partial charge on any atom is 0.264 e. The minimum absolute atomic E-state index is 0.0542. The van der Waals surface area contributed by atoms with Crippen LogP contribution in [0.1, 0.15) is 24.6 Å². The van der Waals surface area contributed by atoms with Gasteiger partial charge in [-0.15, -0.1) is 0 Å². The number of hydrogen-bond acceptors (Lipinski definition) is 2. The van der Waals surface area contributed by atoms with Gasteiger partial charge in [0.1, 0.15) is 0 Å². The quantitative estimate of drug-likeness (QED) is 0.439. The normalized spacial score (nSPS) is 10.2. The number of aromatic nitrogens is 1. The van der Waals surface area contributed by atoms with Gasteiger partial charge in [0.25, 0.3) is 5.56 Å². The zero-order valence-corrected chi connectivity index (χ0v) is 14.7. The Balaban J connectivity index is 2.18. The second-order valence-electron chi connectivity index (χ2n) is 5.86. The van der Waals surface area contributed by atoms with Gasteiger partial charge in [-0.2, -0.15) is 0 Å². The Bertz CT molecular complexity index is 1040. The van der Waals surface area contributed by atoms with Crippen LogP contribution in [-0.4, -0.2) is 17.5 Å². The molecule has 1 amide bonds. The molecule has 0 unspecified atom stereocenters. The third-order valence-corrected chi connectivity index (χ3v) is 4.20. The van der Waals surface area contributed by atoms with Crippen molar-refractivity contribution in [1.82, 2.24) is 9.88 Å². The monoisotopic (exact) mass is 344 g/mol. The largest absolute Gasteiger partial charge is 0.358 e. The summed E-state index contributed by atoms with van der Waals surface area (Å²) in [4.78, 5) is 23.6. The Morgan fingerprint density at radius 3 is 2.65 bits per heavy atom. The number of amides is 1. The van der Waals surface area contributed by atoms with Crippen LogP contribution >= 0.6 is 0 Å². The van der Waals surface area contributed by atoms with E-state index in [0.29, 0.717) is 30.3 Å². The number of para-hydroxylation sites is 1. The molecular weight excluding hydrogens is 324 g/mol. The molecule has 4 nitrogen and oxygen atoms in total. The fourth-order valence-electron chi connectivity index (χ4n) is 2.99. The molecule has 130 valence electrons. The minimum Gasteiger partial charge on any atom is -0.358 e. The molecule has 0 spiro atoms. The molecule has 0 radical (unpaired) electrons. The topological polar surface area (TPSA) is 51.1 Å². The maximum atomic E-state index is 13.3. The summed E-state index contributed by atoms with van der Waals surface area (Å²) in [5, 5.41) is 4.11. The average Bonchev–Trinajstić information content (AvgIpc) is 2.68. The Hall–Kier alpha value is -3.32. The molecule has 1 aromatic heterocycles. The zero-order valence-electron chi connectivity index (χ0n) is 14.7. The van der Waals surface area contributed by atoms with Gasteiger partial charge in [0.05, 0.1) is 5.39 Å². The van der Waals surface area contributed by atoms with Gasteiger partial charge in [0.15, 0.2) is 0 Å². The number of rotatable bonds is 5. The van der Waals surface area contributed by atoms with Crippen LogP contribution in [0.15, 0.2) is 59.4 Å². The summed E-state index contributed by atoms with van der Waals surface area (Å²) in [6, 6.07) is 17.5. The lowest BCUT2D eigenvalue weighted by Crippen LogP contribution is -2.22. The van der Waals surface area contributed by atoms with Crippen molar-refractivity contribution in [1.29, 1.82) is 0 Å². The summed E-state index contributed by atoms with van der Waals surface area (Å²) < 4.78 is 1.77. The third kappa shape index (κ3) is 3.52. The molecule has 3 rings (SSSR count). The van der Waals surface area contributed by atoms with E-state index in [1.165, 1.54) is 0 Å². The Labute approximate surface area is 152 Å². The molecule has 26 heavy (non-hydrogen) atoms. The zero-order chi connectivity index (χ0) is 18.4. The van der Waals surface area contributed by atoms with E-state index in [9.17, 15) is 9.59 Å². The van der Waals surface area contributed by atoms with Crippen LogP contribution in [0, 0.1) is 11.8 Å². The van der Waals surface area contributed by atoms with E-state index in [0.717, 1.165) is 23.2 Å². The minimum atomic E-state index is -0.0542. The summed E-state index contributed by atoms with van der Waals surface area (Å²) in [5.41, 5.74) is 2.48. The molecular formula is C22H20N2O2. The molecule has 0 saturated carbocycles. The first-order valence-corrected chi connectivity index (χ1v) is 8.65. The van der Waals surface area contributed by atoms with Gasteiger partial charge < -0.3 is 5.32 Å². The van der Waals surface area contributed by atoms with E-state index in [2.05, 4.69) is 23.2 Å². The number of pyridine rings is 1. The number of nitrogens with one attached hydrogen (secondary N) is 1. The second-order valence-corrected chi connectivity index (χ2v) is 5.86. The predicted molar refractivity (Wildman–Crippen MR) is 104 cm³/mol. The first-order valence-electron chi connectivity index (χ1n) is 8.65. The fraction of sp³-hybridized carbons (Fsp3) is 0.182. The van der Waals surface area contributed by atoms with Gasteiger partial charge in [-0.1, -0.05) is 49.1 Å². The lowest BCUT2D eigenvalue weighted by atomic mass is 10.0.